The number of halogens is 2. The fraction of sp³-hybridized carbons (Fsp3) is 0.364. The number of rotatable bonds is 6. The van der Waals surface area contributed by atoms with Gasteiger partial charge in [0, 0.05) is 37.9 Å². The molecule has 0 unspecified atom stereocenters. The van der Waals surface area contributed by atoms with Gasteiger partial charge in [0.2, 0.25) is 5.96 Å². The maximum Gasteiger partial charge on any atom is 0.271 e. The number of nitrogens with zero attached hydrogens (tertiary/aromatic N) is 4. The Morgan fingerprint density at radius 3 is 2.94 bits per heavy atom. The summed E-state index contributed by atoms with van der Waals surface area (Å²) in [6.07, 6.45) is 6.86. The van der Waals surface area contributed by atoms with E-state index in [1.807, 2.05) is 6.92 Å². The van der Waals surface area contributed by atoms with E-state index in [9.17, 15) is 9.18 Å². The second kappa shape index (κ2) is 11.5. The highest BCUT2D eigenvalue weighted by Crippen LogP contribution is 2.17. The van der Waals surface area contributed by atoms with Crippen molar-refractivity contribution in [1.82, 2.24) is 20.2 Å². The van der Waals surface area contributed by atoms with Gasteiger partial charge in [-0.25, -0.2) is 14.4 Å². The molecule has 8 nitrogen and oxygen atoms in total. The summed E-state index contributed by atoms with van der Waals surface area (Å²) in [7, 11) is 0. The molecule has 1 fully saturated rings. The van der Waals surface area contributed by atoms with E-state index in [2.05, 4.69) is 32.2 Å². The van der Waals surface area contributed by atoms with E-state index in [-0.39, 0.29) is 23.3 Å². The Kier molecular flexibility index (Phi) is 8.52. The predicted molar refractivity (Wildman–Crippen MR) is 123 cm³/mol. The third-order valence-corrected chi connectivity index (χ3v) is 5.15. The lowest BCUT2D eigenvalue weighted by Gasteiger charge is -2.19. The lowest BCUT2D eigenvalue weighted by molar-refractivity contribution is 0.0870. The van der Waals surface area contributed by atoms with Gasteiger partial charge in [0.05, 0.1) is 11.1 Å². The Morgan fingerprint density at radius 1 is 1.44 bits per heavy atom. The van der Waals surface area contributed by atoms with Crippen LogP contribution in [0.1, 0.15) is 42.2 Å². The standard InChI is InChI=1S/C22H26ClFN6O2/c1-3-19(29-22(25-4-2)28-16-8-10-32-11-9-16)30-13-18(27-14-30)21(31)26-12-15-6-5-7-17(23)20(15)24/h4-7,13-14,16H,2-3,8-12H2,1H3,(H,25,28)(H,26,31). The highest BCUT2D eigenvalue weighted by Gasteiger charge is 2.15. The summed E-state index contributed by atoms with van der Waals surface area (Å²) in [5.41, 5.74) is 0.485. The van der Waals surface area contributed by atoms with Gasteiger partial charge in [-0.1, -0.05) is 37.2 Å². The van der Waals surface area contributed by atoms with Crippen LogP contribution in [-0.2, 0) is 11.3 Å². The van der Waals surface area contributed by atoms with Crippen molar-refractivity contribution in [3.8, 4) is 0 Å². The number of benzene rings is 1. The maximum atomic E-state index is 14.0. The van der Waals surface area contributed by atoms with Gasteiger partial charge in [-0.3, -0.25) is 9.36 Å². The molecule has 0 aliphatic carbocycles. The Balaban J connectivity index is 1.72. The summed E-state index contributed by atoms with van der Waals surface area (Å²) in [5.74, 6) is 0.114. The lowest BCUT2D eigenvalue weighted by atomic mass is 10.1. The Labute approximate surface area is 191 Å². The van der Waals surface area contributed by atoms with Crippen molar-refractivity contribution < 1.29 is 13.9 Å². The third-order valence-electron chi connectivity index (χ3n) is 4.86. The normalized spacial score (nSPS) is 15.5. The second-order valence-corrected chi connectivity index (χ2v) is 7.50. The van der Waals surface area contributed by atoms with Crippen LogP contribution < -0.4 is 10.6 Å². The number of carbonyl (C=O) groups excluding carboxylic acids is 1. The number of aliphatic imine (C=N–C) groups is 2. The Morgan fingerprint density at radius 2 is 2.22 bits per heavy atom. The van der Waals surface area contributed by atoms with Crippen LogP contribution in [0.25, 0.3) is 0 Å². The Hall–Kier alpha value is -3.04. The number of hydrogen-bond acceptors (Lipinski definition) is 4. The first-order valence-electron chi connectivity index (χ1n) is 10.4. The molecule has 0 saturated carbocycles. The quantitative estimate of drug-likeness (QED) is 0.509. The van der Waals surface area contributed by atoms with Crippen molar-refractivity contribution in [3.63, 3.8) is 0 Å². The van der Waals surface area contributed by atoms with Crippen LogP contribution in [0.3, 0.4) is 0 Å². The molecule has 1 amide bonds. The minimum atomic E-state index is -0.550. The first-order chi connectivity index (χ1) is 15.5. The van der Waals surface area contributed by atoms with Crippen LogP contribution in [0, 0.1) is 5.82 Å². The lowest BCUT2D eigenvalue weighted by Crippen LogP contribution is -2.25. The van der Waals surface area contributed by atoms with Crippen molar-refractivity contribution in [3.05, 3.63) is 65.6 Å². The van der Waals surface area contributed by atoms with Gasteiger partial charge in [-0.05, 0) is 25.1 Å². The molecule has 0 bridgehead atoms. The fourth-order valence-corrected chi connectivity index (χ4v) is 3.34. The van der Waals surface area contributed by atoms with Crippen molar-refractivity contribution in [2.45, 2.75) is 38.8 Å². The van der Waals surface area contributed by atoms with E-state index in [1.54, 1.807) is 22.9 Å². The molecule has 1 aliphatic heterocycles. The first-order valence-corrected chi connectivity index (χ1v) is 10.8. The number of aromatic nitrogens is 2. The van der Waals surface area contributed by atoms with Crippen LogP contribution in [0.5, 0.6) is 0 Å². The molecule has 0 radical (unpaired) electrons. The number of carbonyl (C=O) groups is 1. The number of ether oxygens (including phenoxy) is 1. The van der Waals surface area contributed by atoms with Gasteiger partial charge in [-0.2, -0.15) is 4.99 Å². The zero-order valence-corrected chi connectivity index (χ0v) is 18.6. The number of hydrogen-bond donors (Lipinski definition) is 2. The van der Waals surface area contributed by atoms with Crippen LogP contribution in [0.4, 0.5) is 4.39 Å². The van der Waals surface area contributed by atoms with Crippen molar-refractivity contribution >= 4 is 29.3 Å². The molecule has 1 aromatic heterocycles. The minimum Gasteiger partial charge on any atom is -0.381 e. The molecule has 2 N–H and O–H groups in total. The zero-order valence-electron chi connectivity index (χ0n) is 17.9. The van der Waals surface area contributed by atoms with E-state index in [4.69, 9.17) is 16.3 Å². The third kappa shape index (κ3) is 6.24. The van der Waals surface area contributed by atoms with Gasteiger partial charge in [0.1, 0.15) is 23.7 Å². The average molecular weight is 461 g/mol. The van der Waals surface area contributed by atoms with E-state index >= 15 is 0 Å². The van der Waals surface area contributed by atoms with Gasteiger partial charge in [0.25, 0.3) is 5.91 Å². The van der Waals surface area contributed by atoms with Crippen molar-refractivity contribution in [2.24, 2.45) is 9.98 Å². The average Bonchev–Trinajstić information content (AvgIpc) is 3.29. The van der Waals surface area contributed by atoms with Crippen LogP contribution >= 0.6 is 11.6 Å². The topological polar surface area (TPSA) is 92.9 Å². The van der Waals surface area contributed by atoms with Crippen molar-refractivity contribution in [1.29, 1.82) is 0 Å². The molecular formula is C22H26ClFN6O2. The molecule has 1 aromatic carbocycles. The molecule has 10 heteroatoms. The molecule has 1 saturated heterocycles. The van der Waals surface area contributed by atoms with E-state index < -0.39 is 11.7 Å². The molecule has 2 aromatic rings. The van der Waals surface area contributed by atoms with Crippen LogP contribution in [0.15, 0.2) is 53.5 Å². The van der Waals surface area contributed by atoms with E-state index in [0.29, 0.717) is 37.0 Å². The summed E-state index contributed by atoms with van der Waals surface area (Å²) in [6, 6.07) is 4.77. The van der Waals surface area contributed by atoms with Crippen molar-refractivity contribution in [2.75, 3.05) is 13.2 Å². The fourth-order valence-electron chi connectivity index (χ4n) is 3.15. The summed E-state index contributed by atoms with van der Waals surface area (Å²) < 4.78 is 21.1. The molecule has 1 aliphatic rings. The maximum absolute atomic E-state index is 14.0. The monoisotopic (exact) mass is 460 g/mol. The first kappa shape index (κ1) is 23.6. The predicted octanol–water partition coefficient (Wildman–Crippen LogP) is 3.53. The highest BCUT2D eigenvalue weighted by molar-refractivity contribution is 6.30. The molecule has 0 atom stereocenters. The van der Waals surface area contributed by atoms with E-state index in [0.717, 1.165) is 12.8 Å². The molecule has 2 heterocycles. The van der Waals surface area contributed by atoms with Gasteiger partial charge >= 0.3 is 0 Å². The summed E-state index contributed by atoms with van der Waals surface area (Å²) in [5, 5.41) is 5.63. The number of guanidine groups is 1. The van der Waals surface area contributed by atoms with Crippen LogP contribution in [0.2, 0.25) is 5.02 Å². The number of amides is 1. The molecule has 32 heavy (non-hydrogen) atoms. The minimum absolute atomic E-state index is 0.00201. The smallest absolute Gasteiger partial charge is 0.271 e. The van der Waals surface area contributed by atoms with Gasteiger partial charge < -0.3 is 15.4 Å². The van der Waals surface area contributed by atoms with Crippen LogP contribution in [-0.4, -0.2) is 46.5 Å². The summed E-state index contributed by atoms with van der Waals surface area (Å²) in [4.78, 5) is 25.9. The summed E-state index contributed by atoms with van der Waals surface area (Å²) >= 11 is 5.78. The Bertz CT molecular complexity index is 1010. The summed E-state index contributed by atoms with van der Waals surface area (Å²) in [6.45, 7) is 6.99. The second-order valence-electron chi connectivity index (χ2n) is 7.09. The molecule has 170 valence electrons. The number of nitrogens with one attached hydrogen (secondary N) is 2. The van der Waals surface area contributed by atoms with E-state index in [1.165, 1.54) is 18.6 Å². The zero-order chi connectivity index (χ0) is 22.9. The molecular weight excluding hydrogens is 435 g/mol. The van der Waals surface area contributed by atoms with Gasteiger partial charge in [0.15, 0.2) is 0 Å². The highest BCUT2D eigenvalue weighted by atomic mass is 35.5. The van der Waals surface area contributed by atoms with Gasteiger partial charge in [-0.15, -0.1) is 0 Å². The number of imidazole rings is 1. The molecule has 3 rings (SSSR count). The largest absolute Gasteiger partial charge is 0.381 e. The molecule has 0 spiro atoms. The SMILES string of the molecule is C=CNC(=NC1CCOCC1)N=C(CC)n1cnc(C(=O)NCc2cccc(Cl)c2F)c1.